The fourth-order valence-corrected chi connectivity index (χ4v) is 0.891. The van der Waals surface area contributed by atoms with Gasteiger partial charge in [0.25, 0.3) is 0 Å². The molecule has 1 aromatic carbocycles. The lowest BCUT2D eigenvalue weighted by Gasteiger charge is -1.97. The molecule has 0 bridgehead atoms. The normalized spacial score (nSPS) is 9.77. The molecule has 1 aromatic rings. The van der Waals surface area contributed by atoms with E-state index in [9.17, 15) is 0 Å². The molecule has 0 heterocycles. The number of benzene rings is 1. The Balaban J connectivity index is 0.000000671. The lowest BCUT2D eigenvalue weighted by atomic mass is 10.1. The van der Waals surface area contributed by atoms with Gasteiger partial charge in [-0.2, -0.15) is 0 Å². The van der Waals surface area contributed by atoms with Gasteiger partial charge in [-0.25, -0.2) is 0 Å². The number of hydrogen-bond acceptors (Lipinski definition) is 0. The predicted molar refractivity (Wildman–Crippen MR) is 61.2 cm³/mol. The van der Waals surface area contributed by atoms with Gasteiger partial charge in [-0.05, 0) is 18.1 Å². The van der Waals surface area contributed by atoms with Crippen LogP contribution in [0.4, 0.5) is 0 Å². The highest BCUT2D eigenvalue weighted by Crippen LogP contribution is 2.11. The molecular formula is C13H15. The second kappa shape index (κ2) is 7.11. The highest BCUT2D eigenvalue weighted by Gasteiger charge is 1.89. The van der Waals surface area contributed by atoms with Crippen molar-refractivity contribution >= 4 is 5.57 Å². The highest BCUT2D eigenvalue weighted by molar-refractivity contribution is 5.69. The molecule has 0 spiro atoms. The van der Waals surface area contributed by atoms with Crippen LogP contribution < -0.4 is 0 Å². The standard InChI is InChI=1S/C11H11.C2H4/c1-3-7-10(2)11-8-5-4-6-9-11;1-2/h3-9H,1-2H2;1-2H2/b10-7+;. The molecule has 0 saturated heterocycles. The summed E-state index contributed by atoms with van der Waals surface area (Å²) in [6.45, 7) is 13.5. The molecule has 0 aliphatic carbocycles. The Labute approximate surface area is 80.9 Å². The number of hydrogen-bond donors (Lipinski definition) is 0. The first-order valence-electron chi connectivity index (χ1n) is 4.04. The van der Waals surface area contributed by atoms with Crippen LogP contribution in [0.25, 0.3) is 5.57 Å². The van der Waals surface area contributed by atoms with E-state index in [0.717, 1.165) is 11.1 Å². The fourth-order valence-electron chi connectivity index (χ4n) is 0.891. The van der Waals surface area contributed by atoms with E-state index >= 15 is 0 Å². The smallest absolute Gasteiger partial charge is 0.0224 e. The number of allylic oxidation sites excluding steroid dienone is 3. The van der Waals surface area contributed by atoms with Crippen LogP contribution >= 0.6 is 0 Å². The van der Waals surface area contributed by atoms with E-state index in [-0.39, 0.29) is 0 Å². The Morgan fingerprint density at radius 3 is 2.08 bits per heavy atom. The molecule has 0 atom stereocenters. The van der Waals surface area contributed by atoms with E-state index < -0.39 is 0 Å². The SMILES string of the molecule is C=C.[CH2]/C(=C\C=C)c1ccccc1. The molecule has 0 fully saturated rings. The van der Waals surface area contributed by atoms with E-state index in [0.29, 0.717) is 0 Å². The molecule has 1 radical (unpaired) electrons. The van der Waals surface area contributed by atoms with Gasteiger partial charge in [-0.1, -0.05) is 49.1 Å². The summed E-state index contributed by atoms with van der Waals surface area (Å²) in [4.78, 5) is 0. The van der Waals surface area contributed by atoms with Crippen molar-refractivity contribution in [2.75, 3.05) is 0 Å². The first-order valence-corrected chi connectivity index (χ1v) is 4.04. The maximum Gasteiger partial charge on any atom is -0.0224 e. The molecule has 0 heteroatoms. The van der Waals surface area contributed by atoms with Crippen LogP contribution in [-0.4, -0.2) is 0 Å². The Morgan fingerprint density at radius 2 is 1.62 bits per heavy atom. The van der Waals surface area contributed by atoms with Crippen molar-refractivity contribution in [2.45, 2.75) is 0 Å². The van der Waals surface area contributed by atoms with Crippen LogP contribution in [0, 0.1) is 6.92 Å². The summed E-state index contributed by atoms with van der Waals surface area (Å²) in [5.41, 5.74) is 2.15. The summed E-state index contributed by atoms with van der Waals surface area (Å²) in [7, 11) is 0. The first-order chi connectivity index (χ1) is 6.34. The summed E-state index contributed by atoms with van der Waals surface area (Å²) >= 11 is 0. The van der Waals surface area contributed by atoms with Crippen molar-refractivity contribution in [2.24, 2.45) is 0 Å². The summed E-state index contributed by atoms with van der Waals surface area (Å²) in [5, 5.41) is 0. The van der Waals surface area contributed by atoms with Gasteiger partial charge >= 0.3 is 0 Å². The van der Waals surface area contributed by atoms with Crippen LogP contribution in [0.2, 0.25) is 0 Å². The van der Waals surface area contributed by atoms with Gasteiger partial charge in [0.15, 0.2) is 0 Å². The molecule has 0 aromatic heterocycles. The minimum atomic E-state index is 1.00. The lowest BCUT2D eigenvalue weighted by molar-refractivity contribution is 1.62. The third-order valence-electron chi connectivity index (χ3n) is 1.46. The van der Waals surface area contributed by atoms with Crippen molar-refractivity contribution < 1.29 is 0 Å². The first kappa shape index (κ1) is 11.4. The average molecular weight is 171 g/mol. The van der Waals surface area contributed by atoms with Gasteiger partial charge in [0.2, 0.25) is 0 Å². The molecule has 0 unspecified atom stereocenters. The zero-order valence-electron chi connectivity index (χ0n) is 7.87. The van der Waals surface area contributed by atoms with Crippen molar-refractivity contribution in [3.05, 3.63) is 74.7 Å². The molecule has 0 amide bonds. The quantitative estimate of drug-likeness (QED) is 0.467. The topological polar surface area (TPSA) is 0 Å². The van der Waals surface area contributed by atoms with E-state index in [1.807, 2.05) is 36.4 Å². The lowest BCUT2D eigenvalue weighted by Crippen LogP contribution is -1.75. The molecule has 67 valence electrons. The maximum absolute atomic E-state index is 3.89. The molecule has 0 aliphatic rings. The average Bonchev–Trinajstić information content (AvgIpc) is 2.23. The van der Waals surface area contributed by atoms with Gasteiger partial charge in [-0.3, -0.25) is 0 Å². The van der Waals surface area contributed by atoms with Crippen molar-refractivity contribution in [1.29, 1.82) is 0 Å². The van der Waals surface area contributed by atoms with Crippen molar-refractivity contribution in [3.8, 4) is 0 Å². The van der Waals surface area contributed by atoms with E-state index in [2.05, 4.69) is 26.7 Å². The highest BCUT2D eigenvalue weighted by atomic mass is 13.9. The third-order valence-corrected chi connectivity index (χ3v) is 1.46. The van der Waals surface area contributed by atoms with Gasteiger partial charge in [0, 0.05) is 0 Å². The van der Waals surface area contributed by atoms with E-state index in [4.69, 9.17) is 0 Å². The van der Waals surface area contributed by atoms with Crippen LogP contribution in [0.15, 0.2) is 62.2 Å². The largest absolute Gasteiger partial charge is 0.106 e. The van der Waals surface area contributed by atoms with Crippen molar-refractivity contribution in [1.82, 2.24) is 0 Å². The minimum Gasteiger partial charge on any atom is -0.106 e. The minimum absolute atomic E-state index is 1.00. The van der Waals surface area contributed by atoms with E-state index in [1.54, 1.807) is 6.08 Å². The second-order valence-corrected chi connectivity index (χ2v) is 2.29. The molecule has 0 nitrogen and oxygen atoms in total. The maximum atomic E-state index is 3.89. The second-order valence-electron chi connectivity index (χ2n) is 2.29. The van der Waals surface area contributed by atoms with Gasteiger partial charge in [0.1, 0.15) is 0 Å². The van der Waals surface area contributed by atoms with Gasteiger partial charge in [0.05, 0.1) is 0 Å². The molecule has 0 N–H and O–H groups in total. The zero-order valence-corrected chi connectivity index (χ0v) is 7.87. The Hall–Kier alpha value is -1.56. The molecular weight excluding hydrogens is 156 g/mol. The van der Waals surface area contributed by atoms with Crippen LogP contribution in [-0.2, 0) is 0 Å². The Bertz CT molecular complexity index is 267. The predicted octanol–water partition coefficient (Wildman–Crippen LogP) is 3.89. The summed E-state index contributed by atoms with van der Waals surface area (Å²) in [5.74, 6) is 0. The Kier molecular flexibility index (Phi) is 6.26. The molecule has 1 rings (SSSR count). The van der Waals surface area contributed by atoms with Crippen molar-refractivity contribution in [3.63, 3.8) is 0 Å². The third kappa shape index (κ3) is 4.12. The summed E-state index contributed by atoms with van der Waals surface area (Å²) < 4.78 is 0. The monoisotopic (exact) mass is 171 g/mol. The fraction of sp³-hybridized carbons (Fsp3) is 0. The molecule has 13 heavy (non-hydrogen) atoms. The van der Waals surface area contributed by atoms with Crippen LogP contribution in [0.5, 0.6) is 0 Å². The summed E-state index contributed by atoms with van der Waals surface area (Å²) in [6.07, 6.45) is 3.64. The van der Waals surface area contributed by atoms with E-state index in [1.165, 1.54) is 0 Å². The summed E-state index contributed by atoms with van der Waals surface area (Å²) in [6, 6.07) is 10.0. The van der Waals surface area contributed by atoms with Crippen LogP contribution in [0.3, 0.4) is 0 Å². The zero-order chi connectivity index (χ0) is 10.1. The van der Waals surface area contributed by atoms with Gasteiger partial charge < -0.3 is 0 Å². The number of rotatable bonds is 2. The van der Waals surface area contributed by atoms with Crippen LogP contribution in [0.1, 0.15) is 5.56 Å². The molecule has 0 aliphatic heterocycles. The Morgan fingerprint density at radius 1 is 1.08 bits per heavy atom. The molecule has 0 saturated carbocycles. The van der Waals surface area contributed by atoms with Gasteiger partial charge in [-0.15, -0.1) is 13.2 Å².